The number of nitrogens with zero attached hydrogens (tertiary/aromatic N) is 1. The van der Waals surface area contributed by atoms with Crippen LogP contribution in [0.2, 0.25) is 0 Å². The molecule has 0 fully saturated rings. The first-order valence-electron chi connectivity index (χ1n) is 7.32. The number of anilines is 1. The number of halogens is 1. The minimum Gasteiger partial charge on any atom is -0.396 e. The lowest BCUT2D eigenvalue weighted by Gasteiger charge is -2.15. The van der Waals surface area contributed by atoms with E-state index in [1.807, 2.05) is 24.3 Å². The smallest absolute Gasteiger partial charge is 0.126 e. The van der Waals surface area contributed by atoms with Crippen molar-refractivity contribution in [3.05, 3.63) is 59.5 Å². The maximum Gasteiger partial charge on any atom is 0.126 e. The van der Waals surface area contributed by atoms with Gasteiger partial charge in [-0.25, -0.2) is 9.37 Å². The molecule has 118 valence electrons. The Morgan fingerprint density at radius 3 is 2.73 bits per heavy atom. The first-order valence-corrected chi connectivity index (χ1v) is 8.47. The molecule has 1 heterocycles. The first kappa shape index (κ1) is 16.8. The second-order valence-corrected chi connectivity index (χ2v) is 6.31. The number of aliphatic hydroxyl groups is 1. The van der Waals surface area contributed by atoms with Crippen molar-refractivity contribution in [3.8, 4) is 0 Å². The lowest BCUT2D eigenvalue weighted by Crippen LogP contribution is -2.18. The minimum absolute atomic E-state index is 0.204. The summed E-state index contributed by atoms with van der Waals surface area (Å²) in [6.45, 7) is 2.29. The van der Waals surface area contributed by atoms with Crippen LogP contribution in [0.3, 0.4) is 0 Å². The van der Waals surface area contributed by atoms with Crippen LogP contribution in [0.15, 0.2) is 42.6 Å². The molecule has 1 unspecified atom stereocenters. The van der Waals surface area contributed by atoms with Gasteiger partial charge in [0.1, 0.15) is 11.6 Å². The van der Waals surface area contributed by atoms with Crippen molar-refractivity contribution in [2.24, 2.45) is 0 Å². The zero-order valence-electron chi connectivity index (χ0n) is 12.6. The highest BCUT2D eigenvalue weighted by molar-refractivity contribution is 7.98. The molecule has 0 aliphatic rings. The van der Waals surface area contributed by atoms with Crippen molar-refractivity contribution in [1.82, 2.24) is 4.98 Å². The maximum absolute atomic E-state index is 12.9. The molecule has 2 aromatic rings. The van der Waals surface area contributed by atoms with Gasteiger partial charge in [-0.15, -0.1) is 0 Å². The summed E-state index contributed by atoms with van der Waals surface area (Å²) in [4.78, 5) is 4.33. The molecule has 2 rings (SSSR count). The molecule has 0 saturated carbocycles. The monoisotopic (exact) mass is 320 g/mol. The summed E-state index contributed by atoms with van der Waals surface area (Å²) in [6, 6.07) is 10.8. The molecule has 22 heavy (non-hydrogen) atoms. The zero-order valence-corrected chi connectivity index (χ0v) is 13.4. The number of hydrogen-bond acceptors (Lipinski definition) is 4. The number of rotatable bonds is 8. The van der Waals surface area contributed by atoms with E-state index in [9.17, 15) is 4.39 Å². The highest BCUT2D eigenvalue weighted by atomic mass is 32.2. The van der Waals surface area contributed by atoms with Crippen LogP contribution in [-0.4, -0.2) is 28.5 Å². The number of benzene rings is 1. The fourth-order valence-corrected chi connectivity index (χ4v) is 2.86. The summed E-state index contributed by atoms with van der Waals surface area (Å²) in [5.41, 5.74) is 2.28. The van der Waals surface area contributed by atoms with Crippen molar-refractivity contribution < 1.29 is 9.50 Å². The molecule has 3 nitrogen and oxygen atoms in total. The summed E-state index contributed by atoms with van der Waals surface area (Å²) in [5.74, 6) is 2.24. The summed E-state index contributed by atoms with van der Waals surface area (Å²) in [5, 5.41) is 12.2. The molecule has 0 radical (unpaired) electrons. The Balaban J connectivity index is 1.89. The molecule has 0 aliphatic carbocycles. The van der Waals surface area contributed by atoms with Gasteiger partial charge >= 0.3 is 0 Å². The van der Waals surface area contributed by atoms with Crippen LogP contribution >= 0.6 is 11.8 Å². The maximum atomic E-state index is 12.9. The predicted octanol–water partition coefficient (Wildman–Crippen LogP) is 3.49. The second kappa shape index (κ2) is 8.76. The highest BCUT2D eigenvalue weighted by Gasteiger charge is 2.05. The zero-order chi connectivity index (χ0) is 15.8. The third-order valence-corrected chi connectivity index (χ3v) is 4.19. The third-order valence-electron chi connectivity index (χ3n) is 3.18. The van der Waals surface area contributed by atoms with Gasteiger partial charge in [-0.2, -0.15) is 11.8 Å². The Morgan fingerprint density at radius 2 is 2.00 bits per heavy atom. The summed E-state index contributed by atoms with van der Waals surface area (Å²) < 4.78 is 12.9. The van der Waals surface area contributed by atoms with Gasteiger partial charge in [0, 0.05) is 23.7 Å². The van der Waals surface area contributed by atoms with Gasteiger partial charge in [-0.05, 0) is 48.7 Å². The Morgan fingerprint density at radius 1 is 1.23 bits per heavy atom. The van der Waals surface area contributed by atoms with E-state index < -0.39 is 0 Å². The number of thioether (sulfide) groups is 1. The summed E-state index contributed by atoms with van der Waals surface area (Å²) >= 11 is 1.70. The molecule has 1 aromatic carbocycles. The van der Waals surface area contributed by atoms with Gasteiger partial charge in [0.05, 0.1) is 6.61 Å². The van der Waals surface area contributed by atoms with E-state index in [-0.39, 0.29) is 18.5 Å². The lowest BCUT2D eigenvalue weighted by molar-refractivity contribution is 0.322. The Kier molecular flexibility index (Phi) is 6.68. The van der Waals surface area contributed by atoms with Gasteiger partial charge in [0.15, 0.2) is 0 Å². The van der Waals surface area contributed by atoms with Crippen molar-refractivity contribution in [1.29, 1.82) is 0 Å². The molecule has 0 bridgehead atoms. The largest absolute Gasteiger partial charge is 0.396 e. The van der Waals surface area contributed by atoms with Gasteiger partial charge in [0.25, 0.3) is 0 Å². The Labute approximate surface area is 135 Å². The van der Waals surface area contributed by atoms with E-state index in [1.165, 1.54) is 17.7 Å². The van der Waals surface area contributed by atoms with Gasteiger partial charge < -0.3 is 10.4 Å². The fourth-order valence-electron chi connectivity index (χ4n) is 2.18. The van der Waals surface area contributed by atoms with Crippen molar-refractivity contribution in [2.75, 3.05) is 17.7 Å². The molecule has 0 aliphatic heterocycles. The first-order chi connectivity index (χ1) is 10.7. The normalized spacial score (nSPS) is 12.1. The van der Waals surface area contributed by atoms with Crippen molar-refractivity contribution in [2.45, 2.75) is 25.1 Å². The molecule has 1 atom stereocenters. The number of hydrogen-bond donors (Lipinski definition) is 2. The number of pyridine rings is 1. The summed E-state index contributed by atoms with van der Waals surface area (Å²) in [6.07, 6.45) is 2.60. The van der Waals surface area contributed by atoms with E-state index in [1.54, 1.807) is 18.0 Å². The molecular formula is C17H21FN2OS. The topological polar surface area (TPSA) is 45.1 Å². The fraction of sp³-hybridized carbons (Fsp3) is 0.353. The van der Waals surface area contributed by atoms with Crippen LogP contribution in [0.5, 0.6) is 0 Å². The Bertz CT molecular complexity index is 577. The van der Waals surface area contributed by atoms with Crippen LogP contribution in [0.1, 0.15) is 18.1 Å². The molecule has 0 spiro atoms. The number of aromatic nitrogens is 1. The van der Waals surface area contributed by atoms with E-state index in [0.717, 1.165) is 29.3 Å². The quantitative estimate of drug-likeness (QED) is 0.731. The van der Waals surface area contributed by atoms with Crippen LogP contribution < -0.4 is 5.32 Å². The van der Waals surface area contributed by atoms with E-state index >= 15 is 0 Å². The second-order valence-electron chi connectivity index (χ2n) is 5.20. The lowest BCUT2D eigenvalue weighted by atomic mass is 10.1. The molecule has 1 aromatic heterocycles. The van der Waals surface area contributed by atoms with Gasteiger partial charge in [-0.3, -0.25) is 0 Å². The SMILES string of the molecule is CC(Cc1ccc(F)cc1)Nc1cc(CSCCO)ccn1. The van der Waals surface area contributed by atoms with Crippen molar-refractivity contribution in [3.63, 3.8) is 0 Å². The third kappa shape index (κ3) is 5.66. The van der Waals surface area contributed by atoms with Crippen LogP contribution in [-0.2, 0) is 12.2 Å². The van der Waals surface area contributed by atoms with Crippen LogP contribution in [0.25, 0.3) is 0 Å². The average molecular weight is 320 g/mol. The predicted molar refractivity (Wildman–Crippen MR) is 90.7 cm³/mol. The highest BCUT2D eigenvalue weighted by Crippen LogP contribution is 2.16. The van der Waals surface area contributed by atoms with E-state index in [4.69, 9.17) is 5.11 Å². The van der Waals surface area contributed by atoms with Gasteiger partial charge in [0.2, 0.25) is 0 Å². The number of aliphatic hydroxyl groups excluding tert-OH is 1. The molecule has 0 saturated heterocycles. The van der Waals surface area contributed by atoms with E-state index in [2.05, 4.69) is 17.2 Å². The van der Waals surface area contributed by atoms with E-state index in [0.29, 0.717) is 0 Å². The van der Waals surface area contributed by atoms with Crippen LogP contribution in [0, 0.1) is 5.82 Å². The standard InChI is InChI=1S/C17H21FN2OS/c1-13(10-14-2-4-16(18)5-3-14)20-17-11-15(6-7-19-17)12-22-9-8-21/h2-7,11,13,21H,8-10,12H2,1H3,(H,19,20). The molecule has 0 amide bonds. The number of nitrogens with one attached hydrogen (secondary N) is 1. The average Bonchev–Trinajstić information content (AvgIpc) is 2.50. The molecular weight excluding hydrogens is 299 g/mol. The molecule has 5 heteroatoms. The van der Waals surface area contributed by atoms with Gasteiger partial charge in [-0.1, -0.05) is 12.1 Å². The Hall–Kier alpha value is -1.59. The van der Waals surface area contributed by atoms with Crippen molar-refractivity contribution >= 4 is 17.6 Å². The minimum atomic E-state index is -0.209. The summed E-state index contributed by atoms with van der Waals surface area (Å²) in [7, 11) is 0. The molecule has 2 N–H and O–H groups in total. The van der Waals surface area contributed by atoms with Crippen LogP contribution in [0.4, 0.5) is 10.2 Å².